The van der Waals surface area contributed by atoms with Crippen molar-refractivity contribution in [3.8, 4) is 0 Å². The molecule has 0 aliphatic carbocycles. The van der Waals surface area contributed by atoms with Gasteiger partial charge in [-0.25, -0.2) is 5.48 Å². The van der Waals surface area contributed by atoms with Gasteiger partial charge in [0.05, 0.1) is 12.5 Å². The van der Waals surface area contributed by atoms with E-state index in [4.69, 9.17) is 13.8 Å². The number of aromatic amines is 4. The van der Waals surface area contributed by atoms with Gasteiger partial charge in [-0.2, -0.15) is 19.7 Å². The van der Waals surface area contributed by atoms with E-state index in [9.17, 15) is 28.8 Å². The zero-order valence-electron chi connectivity index (χ0n) is 43.9. The van der Waals surface area contributed by atoms with Gasteiger partial charge >= 0.3 is 0 Å². The quantitative estimate of drug-likeness (QED) is 0.0761. The number of nitrogens with zero attached hydrogens (tertiary/aromatic N) is 5. The first kappa shape index (κ1) is 78.2. The lowest BCUT2D eigenvalue weighted by atomic mass is 10.0. The van der Waals surface area contributed by atoms with Crippen LogP contribution in [0, 0.1) is 24.7 Å². The lowest BCUT2D eigenvalue weighted by Gasteiger charge is -2.02. The van der Waals surface area contributed by atoms with Gasteiger partial charge in [-0.3, -0.25) is 37.5 Å². The van der Waals surface area contributed by atoms with Crippen molar-refractivity contribution in [1.82, 2.24) is 55.0 Å². The molecule has 420 valence electrons. The fourth-order valence-electron chi connectivity index (χ4n) is 4.21. The SMILES string of the molecule is C.C.C.C.C=C1N=C(C(C)C)NO1.CC(C)c1cc(=O)[nH]o1.CC(C)c1cc(=O)[nH]s1.CC(C)c1nn[nH]n1.CC(C)c1ns[nH]c1=O.CNC(=O)C(C)C.CNC(=O)C(C)C.Cc1cocc(C(C)C)c1=O. The molecule has 0 saturated heterocycles. The number of carbonyl (C=O) groups is 2. The van der Waals surface area contributed by atoms with Gasteiger partial charge in [0, 0.05) is 89.5 Å². The second kappa shape index (κ2) is 42.3. The Kier molecular flexibility index (Phi) is 45.3. The number of nitrogens with one attached hydrogen (secondary N) is 7. The predicted octanol–water partition coefficient (Wildman–Crippen LogP) is 10.4. The highest BCUT2D eigenvalue weighted by atomic mass is 32.1. The molecular weight excluding hydrogens is 977 g/mol. The van der Waals surface area contributed by atoms with Gasteiger partial charge in [0.25, 0.3) is 16.7 Å². The second-order valence-corrected chi connectivity index (χ2v) is 18.8. The molecule has 0 bridgehead atoms. The maximum atomic E-state index is 11.4. The van der Waals surface area contributed by atoms with Crippen LogP contribution >= 0.6 is 23.3 Å². The van der Waals surface area contributed by atoms with Crippen molar-refractivity contribution in [3.63, 3.8) is 0 Å². The molecule has 21 nitrogen and oxygen atoms in total. The summed E-state index contributed by atoms with van der Waals surface area (Å²) in [5, 5.41) is 20.6. The second-order valence-electron chi connectivity index (χ2n) is 17.4. The normalized spacial score (nSPS) is 10.5. The van der Waals surface area contributed by atoms with E-state index in [0.717, 1.165) is 33.8 Å². The van der Waals surface area contributed by atoms with Crippen LogP contribution in [0.4, 0.5) is 0 Å². The van der Waals surface area contributed by atoms with E-state index in [1.165, 1.54) is 30.1 Å². The number of aromatic nitrogens is 8. The Balaban J connectivity index is -0.000000175. The highest BCUT2D eigenvalue weighted by molar-refractivity contribution is 7.05. The first-order valence-corrected chi connectivity index (χ1v) is 24.0. The van der Waals surface area contributed by atoms with E-state index in [-0.39, 0.29) is 93.2 Å². The summed E-state index contributed by atoms with van der Waals surface area (Å²) < 4.78 is 18.8. The minimum absolute atomic E-state index is 0. The lowest BCUT2D eigenvalue weighted by molar-refractivity contribution is -0.124. The number of tetrazole rings is 1. The van der Waals surface area contributed by atoms with E-state index >= 15 is 0 Å². The van der Waals surface area contributed by atoms with Crippen molar-refractivity contribution >= 4 is 40.9 Å². The largest absolute Gasteiger partial charge is 0.472 e. The van der Waals surface area contributed by atoms with Crippen LogP contribution in [0.25, 0.3) is 0 Å². The van der Waals surface area contributed by atoms with Gasteiger partial charge in [0.15, 0.2) is 11.3 Å². The third kappa shape index (κ3) is 34.7. The first-order chi connectivity index (χ1) is 32.1. The fourth-order valence-corrected chi connectivity index (χ4v) is 5.51. The molecule has 6 heterocycles. The molecule has 6 rings (SSSR count). The van der Waals surface area contributed by atoms with Crippen LogP contribution in [0.15, 0.2) is 70.2 Å². The van der Waals surface area contributed by atoms with E-state index in [0.29, 0.717) is 40.7 Å². The van der Waals surface area contributed by atoms with Gasteiger partial charge in [0.1, 0.15) is 17.3 Å². The number of rotatable bonds is 8. The summed E-state index contributed by atoms with van der Waals surface area (Å²) in [5.74, 6) is 5.17. The molecule has 0 aromatic carbocycles. The molecule has 5 aromatic heterocycles. The molecule has 0 fully saturated rings. The monoisotopic (exact) mass is 1070 g/mol. The highest BCUT2D eigenvalue weighted by Gasteiger charge is 2.12. The van der Waals surface area contributed by atoms with Gasteiger partial charge in [-0.05, 0) is 25.3 Å². The number of carbonyl (C=O) groups excluding carboxylic acids is 2. The molecule has 23 heteroatoms. The highest BCUT2D eigenvalue weighted by Crippen LogP contribution is 2.14. The number of hydrogen-bond donors (Lipinski definition) is 7. The Morgan fingerprint density at radius 1 is 0.685 bits per heavy atom. The minimum atomic E-state index is -0.168. The van der Waals surface area contributed by atoms with E-state index in [1.54, 1.807) is 27.1 Å². The molecule has 1 aliphatic rings. The van der Waals surface area contributed by atoms with Crippen molar-refractivity contribution < 1.29 is 23.4 Å². The number of aliphatic imine (C=N–C) groups is 1. The van der Waals surface area contributed by atoms with Crippen LogP contribution in [0.2, 0.25) is 0 Å². The Morgan fingerprint density at radius 3 is 1.44 bits per heavy atom. The minimum Gasteiger partial charge on any atom is -0.472 e. The molecule has 73 heavy (non-hydrogen) atoms. The fraction of sp³-hybridized carbons (Fsp3) is 0.620. The topological polar surface area (TPSA) is 301 Å². The predicted molar refractivity (Wildman–Crippen MR) is 302 cm³/mol. The Morgan fingerprint density at radius 2 is 1.23 bits per heavy atom. The average Bonchev–Trinajstić information content (AvgIpc) is 4.15. The zero-order valence-corrected chi connectivity index (χ0v) is 45.5. The molecule has 0 radical (unpaired) electrons. The molecule has 0 atom stereocenters. The standard InChI is InChI=1S/C9H12O2.C6H10N2O.C6H9NO2.C6H9NOS.C5H8N2OS.2C5H11NO.C4H8N4.4CH4/c1-6(2)8-5-11-4-7(3)9(8)10;1-4(2)6-7-5(3)9-8-6;2*1-4(2)5-3-6(8)7-9-5;1-3(2)4-5(8)7-9-6-4;2*1-4(2)5(7)6-3;1-3(2)4-5-7-8-6-4;;;;/h4-6H,1-3H3;4H,3H2,1-2H3,(H,7,8);2*3-4H,1-2H3,(H,7,8);3H,1-2H3,(H,7,8);2*4H,1-3H3,(H,6,7);3H,1-2H3,(H,5,6,7,8);4*1H4. The van der Waals surface area contributed by atoms with Gasteiger partial charge in [0.2, 0.25) is 17.7 Å². The van der Waals surface area contributed by atoms with Crippen molar-refractivity contribution in [2.75, 3.05) is 14.1 Å². The summed E-state index contributed by atoms with van der Waals surface area (Å²) in [4.78, 5) is 73.8. The molecule has 0 unspecified atom stereocenters. The maximum Gasteiger partial charge on any atom is 0.281 e. The molecule has 0 saturated carbocycles. The smallest absolute Gasteiger partial charge is 0.281 e. The van der Waals surface area contributed by atoms with Gasteiger partial charge < -0.3 is 24.4 Å². The van der Waals surface area contributed by atoms with Crippen LogP contribution in [0.3, 0.4) is 0 Å². The number of H-pyrrole nitrogens is 4. The van der Waals surface area contributed by atoms with Crippen LogP contribution in [-0.4, -0.2) is 70.6 Å². The van der Waals surface area contributed by atoms with Crippen LogP contribution < -0.4 is 38.2 Å². The molecule has 2 amide bonds. The van der Waals surface area contributed by atoms with Crippen molar-refractivity contribution in [3.05, 3.63) is 112 Å². The number of amidine groups is 1. The summed E-state index contributed by atoms with van der Waals surface area (Å²) >= 11 is 2.53. The van der Waals surface area contributed by atoms with Gasteiger partial charge in [-0.15, -0.1) is 10.2 Å². The summed E-state index contributed by atoms with van der Waals surface area (Å²) in [5.41, 5.74) is 4.63. The number of aryl methyl sites for hydroxylation is 1. The summed E-state index contributed by atoms with van der Waals surface area (Å²) in [6.45, 7) is 36.7. The molecule has 5 aromatic rings. The number of hydrogen-bond acceptors (Lipinski definition) is 17. The summed E-state index contributed by atoms with van der Waals surface area (Å²) in [6, 6.07) is 3.11. The van der Waals surface area contributed by atoms with Gasteiger partial charge in [-0.1, -0.05) is 157 Å². The molecule has 0 spiro atoms. The van der Waals surface area contributed by atoms with Crippen molar-refractivity contribution in [2.45, 2.75) is 177 Å². The van der Waals surface area contributed by atoms with Crippen molar-refractivity contribution in [1.29, 1.82) is 0 Å². The first-order valence-electron chi connectivity index (χ1n) is 22.5. The Labute approximate surface area is 443 Å². The lowest BCUT2D eigenvalue weighted by Crippen LogP contribution is -2.22. The molecule has 7 N–H and O–H groups in total. The van der Waals surface area contributed by atoms with E-state index in [2.05, 4.69) is 80.4 Å². The third-order valence-electron chi connectivity index (χ3n) is 8.45. The van der Waals surface area contributed by atoms with E-state index < -0.39 is 0 Å². The Bertz CT molecular complexity index is 2360. The van der Waals surface area contributed by atoms with Crippen LogP contribution in [-0.2, 0) is 14.4 Å². The Hall–Kier alpha value is -6.23. The summed E-state index contributed by atoms with van der Waals surface area (Å²) in [6.07, 6.45) is 3.01. The molecule has 1 aliphatic heterocycles. The maximum absolute atomic E-state index is 11.4. The zero-order chi connectivity index (χ0) is 53.6. The average molecular weight is 1070 g/mol. The van der Waals surface area contributed by atoms with Crippen molar-refractivity contribution in [2.24, 2.45) is 22.7 Å². The van der Waals surface area contributed by atoms with Crippen LogP contribution in [0.5, 0.6) is 0 Å². The number of amides is 2. The molecular formula is C50H94N12O9S2. The number of hydroxylamine groups is 1. The van der Waals surface area contributed by atoms with Crippen LogP contribution in [0.1, 0.15) is 203 Å². The third-order valence-corrected chi connectivity index (χ3v) is 10.1. The summed E-state index contributed by atoms with van der Waals surface area (Å²) in [7, 11) is 3.28. The van der Waals surface area contributed by atoms with E-state index in [1.807, 2.05) is 96.9 Å².